The number of rotatable bonds is 4. The molecule has 0 fully saturated rings. The van der Waals surface area contributed by atoms with Crippen LogP contribution in [0.3, 0.4) is 0 Å². The third-order valence-corrected chi connectivity index (χ3v) is 3.58. The average Bonchev–Trinajstić information content (AvgIpc) is 2.31. The molecular weight excluding hydrogens is 238 g/mol. The minimum absolute atomic E-state index is 0.238. The van der Waals surface area contributed by atoms with Gasteiger partial charge in [-0.25, -0.2) is 0 Å². The summed E-state index contributed by atoms with van der Waals surface area (Å²) in [6.45, 7) is 4.03. The van der Waals surface area contributed by atoms with Gasteiger partial charge in [-0.15, -0.1) is 11.6 Å². The van der Waals surface area contributed by atoms with E-state index in [1.807, 2.05) is 38.9 Å². The van der Waals surface area contributed by atoms with Gasteiger partial charge in [-0.05, 0) is 45.1 Å². The number of nitrogens with zero attached hydrogens (tertiary/aromatic N) is 1. The van der Waals surface area contributed by atoms with E-state index in [9.17, 15) is 0 Å². The molecule has 1 unspecified atom stereocenters. The van der Waals surface area contributed by atoms with Crippen molar-refractivity contribution in [2.45, 2.75) is 19.3 Å². The van der Waals surface area contributed by atoms with Crippen LogP contribution in [0.5, 0.6) is 11.5 Å². The molecule has 4 heteroatoms. The largest absolute Gasteiger partial charge is 0.496 e. The summed E-state index contributed by atoms with van der Waals surface area (Å²) in [7, 11) is 7.19. The van der Waals surface area contributed by atoms with Crippen molar-refractivity contribution < 1.29 is 9.47 Å². The van der Waals surface area contributed by atoms with Gasteiger partial charge in [0.05, 0.1) is 14.2 Å². The van der Waals surface area contributed by atoms with Crippen molar-refractivity contribution in [1.29, 1.82) is 0 Å². The van der Waals surface area contributed by atoms with E-state index in [4.69, 9.17) is 21.1 Å². The summed E-state index contributed by atoms with van der Waals surface area (Å²) in [6.07, 6.45) is 0. The van der Waals surface area contributed by atoms with Crippen molar-refractivity contribution in [3.05, 3.63) is 22.8 Å². The molecule has 0 heterocycles. The molecule has 0 aliphatic carbocycles. The van der Waals surface area contributed by atoms with Crippen molar-refractivity contribution in [3.63, 3.8) is 0 Å². The fourth-order valence-corrected chi connectivity index (χ4v) is 1.99. The second-order valence-electron chi connectivity index (χ2n) is 4.25. The van der Waals surface area contributed by atoms with Crippen molar-refractivity contribution in [1.82, 2.24) is 4.90 Å². The number of methoxy groups -OCH3 is 2. The molecule has 0 radical (unpaired) electrons. The number of benzene rings is 1. The van der Waals surface area contributed by atoms with Crippen LogP contribution in [0.2, 0.25) is 0 Å². The zero-order valence-corrected chi connectivity index (χ0v) is 12.1. The topological polar surface area (TPSA) is 21.7 Å². The van der Waals surface area contributed by atoms with Crippen LogP contribution in [-0.4, -0.2) is 33.2 Å². The SMILES string of the molecule is COc1cc(C(Cl)N(C)C)c(OC)c(C)c1C. The molecule has 1 aromatic carbocycles. The maximum Gasteiger partial charge on any atom is 0.128 e. The highest BCUT2D eigenvalue weighted by molar-refractivity contribution is 6.20. The van der Waals surface area contributed by atoms with E-state index >= 15 is 0 Å². The summed E-state index contributed by atoms with van der Waals surface area (Å²) in [5.74, 6) is 1.67. The molecule has 1 atom stereocenters. The van der Waals surface area contributed by atoms with Crippen LogP contribution in [0.15, 0.2) is 6.07 Å². The molecular formula is C13H20ClNO2. The number of ether oxygens (including phenoxy) is 2. The first-order valence-corrected chi connectivity index (χ1v) is 5.90. The maximum absolute atomic E-state index is 6.37. The molecule has 96 valence electrons. The van der Waals surface area contributed by atoms with Crippen LogP contribution in [0.25, 0.3) is 0 Å². The summed E-state index contributed by atoms with van der Waals surface area (Å²) in [5, 5.41) is 0. The highest BCUT2D eigenvalue weighted by Crippen LogP contribution is 2.39. The lowest BCUT2D eigenvalue weighted by atomic mass is 10.0. The number of halogens is 1. The van der Waals surface area contributed by atoms with Crippen LogP contribution in [0.1, 0.15) is 22.2 Å². The lowest BCUT2D eigenvalue weighted by Gasteiger charge is -2.23. The van der Waals surface area contributed by atoms with Crippen molar-refractivity contribution in [3.8, 4) is 11.5 Å². The molecule has 0 saturated carbocycles. The van der Waals surface area contributed by atoms with E-state index in [0.29, 0.717) is 0 Å². The predicted molar refractivity (Wildman–Crippen MR) is 71.3 cm³/mol. The Labute approximate surface area is 108 Å². The molecule has 0 spiro atoms. The molecule has 1 rings (SSSR count). The van der Waals surface area contributed by atoms with E-state index in [-0.39, 0.29) is 5.50 Å². The first kappa shape index (κ1) is 14.1. The summed E-state index contributed by atoms with van der Waals surface area (Å²) >= 11 is 6.37. The Morgan fingerprint density at radius 1 is 1.12 bits per heavy atom. The van der Waals surface area contributed by atoms with Gasteiger partial charge in [0, 0.05) is 5.56 Å². The molecule has 0 bridgehead atoms. The molecule has 1 aromatic rings. The molecule has 0 amide bonds. The van der Waals surface area contributed by atoms with Gasteiger partial charge < -0.3 is 9.47 Å². The monoisotopic (exact) mass is 257 g/mol. The van der Waals surface area contributed by atoms with Gasteiger partial charge in [0.2, 0.25) is 0 Å². The van der Waals surface area contributed by atoms with Crippen molar-refractivity contribution in [2.75, 3.05) is 28.3 Å². The van der Waals surface area contributed by atoms with Crippen LogP contribution in [0.4, 0.5) is 0 Å². The van der Waals surface area contributed by atoms with Gasteiger partial charge >= 0.3 is 0 Å². The van der Waals surface area contributed by atoms with Crippen molar-refractivity contribution in [2.24, 2.45) is 0 Å². The van der Waals surface area contributed by atoms with Crippen molar-refractivity contribution >= 4 is 11.6 Å². The van der Waals surface area contributed by atoms with E-state index in [1.165, 1.54) is 0 Å². The van der Waals surface area contributed by atoms with Crippen LogP contribution in [0, 0.1) is 13.8 Å². The van der Waals surface area contributed by atoms with E-state index in [0.717, 1.165) is 28.2 Å². The lowest BCUT2D eigenvalue weighted by molar-refractivity contribution is 0.354. The van der Waals surface area contributed by atoms with Crippen LogP contribution in [-0.2, 0) is 0 Å². The fourth-order valence-electron chi connectivity index (χ4n) is 1.82. The minimum Gasteiger partial charge on any atom is -0.496 e. The molecule has 3 nitrogen and oxygen atoms in total. The molecule has 0 aliphatic rings. The Balaban J connectivity index is 3.42. The molecule has 0 aromatic heterocycles. The molecule has 0 N–H and O–H groups in total. The highest BCUT2D eigenvalue weighted by Gasteiger charge is 2.20. The first-order chi connectivity index (χ1) is 7.93. The number of alkyl halides is 1. The van der Waals surface area contributed by atoms with E-state index < -0.39 is 0 Å². The standard InChI is InChI=1S/C13H20ClNO2/c1-8-9(2)12(17-6)10(7-11(8)16-5)13(14)15(3)4/h7,13H,1-6H3. The highest BCUT2D eigenvalue weighted by atomic mass is 35.5. The molecule has 17 heavy (non-hydrogen) atoms. The third kappa shape index (κ3) is 2.67. The quantitative estimate of drug-likeness (QED) is 0.611. The van der Waals surface area contributed by atoms with Gasteiger partial charge in [-0.3, -0.25) is 4.90 Å². The normalized spacial score (nSPS) is 12.7. The number of hydrogen-bond donors (Lipinski definition) is 0. The van der Waals surface area contributed by atoms with Crippen LogP contribution < -0.4 is 9.47 Å². The van der Waals surface area contributed by atoms with E-state index in [2.05, 4.69) is 0 Å². The maximum atomic E-state index is 6.37. The Morgan fingerprint density at radius 3 is 2.12 bits per heavy atom. The predicted octanol–water partition coefficient (Wildman–Crippen LogP) is 3.12. The fraction of sp³-hybridized carbons (Fsp3) is 0.538. The Bertz CT molecular complexity index is 405. The average molecular weight is 258 g/mol. The summed E-state index contributed by atoms with van der Waals surface area (Å²) < 4.78 is 10.8. The zero-order chi connectivity index (χ0) is 13.2. The van der Waals surface area contributed by atoms with Gasteiger partial charge in [-0.1, -0.05) is 0 Å². The summed E-state index contributed by atoms with van der Waals surface area (Å²) in [6, 6.07) is 1.94. The Hall–Kier alpha value is -0.930. The number of hydrogen-bond acceptors (Lipinski definition) is 3. The summed E-state index contributed by atoms with van der Waals surface area (Å²) in [5.41, 5.74) is 2.84. The van der Waals surface area contributed by atoms with Gasteiger partial charge in [-0.2, -0.15) is 0 Å². The molecule has 0 saturated heterocycles. The van der Waals surface area contributed by atoms with E-state index in [1.54, 1.807) is 14.2 Å². The first-order valence-electron chi connectivity index (χ1n) is 5.46. The second-order valence-corrected chi connectivity index (χ2v) is 4.66. The lowest BCUT2D eigenvalue weighted by Crippen LogP contribution is -2.16. The van der Waals surface area contributed by atoms with Gasteiger partial charge in [0.25, 0.3) is 0 Å². The second kappa shape index (κ2) is 5.61. The smallest absolute Gasteiger partial charge is 0.128 e. The van der Waals surface area contributed by atoms with Gasteiger partial charge in [0.15, 0.2) is 0 Å². The van der Waals surface area contributed by atoms with Crippen LogP contribution >= 0.6 is 11.6 Å². The summed E-state index contributed by atoms with van der Waals surface area (Å²) in [4.78, 5) is 1.92. The third-order valence-electron chi connectivity index (χ3n) is 2.96. The zero-order valence-electron chi connectivity index (χ0n) is 11.3. The minimum atomic E-state index is -0.238. The molecule has 0 aliphatic heterocycles. The Kier molecular flexibility index (Phi) is 4.66. The Morgan fingerprint density at radius 2 is 1.71 bits per heavy atom. The van der Waals surface area contributed by atoms with Gasteiger partial charge in [0.1, 0.15) is 17.0 Å².